The standard InChI is InChI=1S/C22H20N4O3S/c1-28-17-8-9-20(29-2)18(12-17)19-14-30-22(24-19)25-21(27)16-6-4-15(5-7-16)13-26-11-3-10-23-26/h3-12,14H,13H2,1-2H3,(H,24,25,27). The van der Waals surface area contributed by atoms with Crippen molar-refractivity contribution in [3.05, 3.63) is 77.4 Å². The molecule has 0 aliphatic heterocycles. The van der Waals surface area contributed by atoms with Gasteiger partial charge >= 0.3 is 0 Å². The molecule has 0 aliphatic rings. The molecule has 7 nitrogen and oxygen atoms in total. The Balaban J connectivity index is 1.47. The van der Waals surface area contributed by atoms with Crippen LogP contribution >= 0.6 is 11.3 Å². The number of ether oxygens (including phenoxy) is 2. The van der Waals surface area contributed by atoms with E-state index in [1.807, 2.05) is 52.7 Å². The first-order valence-electron chi connectivity index (χ1n) is 9.22. The topological polar surface area (TPSA) is 78.3 Å². The number of aromatic nitrogens is 3. The summed E-state index contributed by atoms with van der Waals surface area (Å²) < 4.78 is 12.5. The maximum Gasteiger partial charge on any atom is 0.257 e. The number of rotatable bonds is 7. The molecule has 0 atom stereocenters. The van der Waals surface area contributed by atoms with E-state index in [9.17, 15) is 4.79 Å². The molecule has 2 heterocycles. The molecule has 4 rings (SSSR count). The maximum absolute atomic E-state index is 12.6. The molecule has 0 radical (unpaired) electrons. The van der Waals surface area contributed by atoms with Crippen molar-refractivity contribution in [3.8, 4) is 22.8 Å². The summed E-state index contributed by atoms with van der Waals surface area (Å²) in [5, 5.41) is 9.44. The Kier molecular flexibility index (Phi) is 5.76. The quantitative estimate of drug-likeness (QED) is 0.482. The number of carbonyl (C=O) groups excluding carboxylic acids is 1. The van der Waals surface area contributed by atoms with E-state index in [2.05, 4.69) is 15.4 Å². The minimum Gasteiger partial charge on any atom is -0.497 e. The fourth-order valence-corrected chi connectivity index (χ4v) is 3.69. The highest BCUT2D eigenvalue weighted by Gasteiger charge is 2.14. The van der Waals surface area contributed by atoms with E-state index in [0.717, 1.165) is 11.1 Å². The lowest BCUT2D eigenvalue weighted by molar-refractivity contribution is 0.102. The van der Waals surface area contributed by atoms with Crippen LogP contribution in [0.1, 0.15) is 15.9 Å². The van der Waals surface area contributed by atoms with Gasteiger partial charge in [0.2, 0.25) is 0 Å². The number of nitrogens with zero attached hydrogens (tertiary/aromatic N) is 3. The SMILES string of the molecule is COc1ccc(OC)c(-c2csc(NC(=O)c3ccc(Cn4cccn4)cc3)n2)c1. The second-order valence-corrected chi connectivity index (χ2v) is 7.32. The van der Waals surface area contributed by atoms with Gasteiger partial charge in [-0.25, -0.2) is 4.98 Å². The first-order valence-corrected chi connectivity index (χ1v) is 10.1. The van der Waals surface area contributed by atoms with Crippen LogP contribution in [0.5, 0.6) is 11.5 Å². The van der Waals surface area contributed by atoms with Crippen molar-refractivity contribution in [2.45, 2.75) is 6.54 Å². The lowest BCUT2D eigenvalue weighted by Gasteiger charge is -2.08. The molecule has 1 N–H and O–H groups in total. The molecule has 0 aliphatic carbocycles. The summed E-state index contributed by atoms with van der Waals surface area (Å²) in [5.41, 5.74) is 3.14. The Hall–Kier alpha value is -3.65. The number of benzene rings is 2. The average Bonchev–Trinajstić information content (AvgIpc) is 3.46. The zero-order chi connectivity index (χ0) is 20.9. The molecule has 1 amide bonds. The summed E-state index contributed by atoms with van der Waals surface area (Å²) in [4.78, 5) is 17.1. The fourth-order valence-electron chi connectivity index (χ4n) is 2.98. The molecule has 0 fully saturated rings. The van der Waals surface area contributed by atoms with Gasteiger partial charge < -0.3 is 9.47 Å². The van der Waals surface area contributed by atoms with Gasteiger partial charge in [0, 0.05) is 28.9 Å². The largest absolute Gasteiger partial charge is 0.497 e. The van der Waals surface area contributed by atoms with E-state index in [4.69, 9.17) is 9.47 Å². The van der Waals surface area contributed by atoms with E-state index in [0.29, 0.717) is 34.4 Å². The summed E-state index contributed by atoms with van der Waals surface area (Å²) in [6.45, 7) is 0.660. The Labute approximate surface area is 177 Å². The molecule has 8 heteroatoms. The summed E-state index contributed by atoms with van der Waals surface area (Å²) in [7, 11) is 3.22. The van der Waals surface area contributed by atoms with Gasteiger partial charge in [-0.15, -0.1) is 11.3 Å². The molecule has 0 saturated carbocycles. The highest BCUT2D eigenvalue weighted by atomic mass is 32.1. The summed E-state index contributed by atoms with van der Waals surface area (Å²) in [6.07, 6.45) is 3.64. The minimum atomic E-state index is -0.209. The molecule has 0 unspecified atom stereocenters. The molecule has 0 bridgehead atoms. The van der Waals surface area contributed by atoms with Gasteiger partial charge in [-0.1, -0.05) is 12.1 Å². The van der Waals surface area contributed by atoms with Crippen LogP contribution in [0, 0.1) is 0 Å². The van der Waals surface area contributed by atoms with Gasteiger partial charge in [-0.3, -0.25) is 14.8 Å². The van der Waals surface area contributed by atoms with Crippen LogP contribution in [-0.2, 0) is 6.54 Å². The molecular weight excluding hydrogens is 400 g/mol. The monoisotopic (exact) mass is 420 g/mol. The van der Waals surface area contributed by atoms with Crippen molar-refractivity contribution in [2.75, 3.05) is 19.5 Å². The third-order valence-corrected chi connectivity index (χ3v) is 5.28. The lowest BCUT2D eigenvalue weighted by Crippen LogP contribution is -2.11. The second-order valence-electron chi connectivity index (χ2n) is 6.46. The fraction of sp³-hybridized carbons (Fsp3) is 0.136. The van der Waals surface area contributed by atoms with Crippen LogP contribution < -0.4 is 14.8 Å². The van der Waals surface area contributed by atoms with E-state index in [1.54, 1.807) is 32.5 Å². The first kappa shape index (κ1) is 19.7. The summed E-state index contributed by atoms with van der Waals surface area (Å²) in [6, 6.07) is 14.8. The van der Waals surface area contributed by atoms with Gasteiger partial charge in [0.25, 0.3) is 5.91 Å². The lowest BCUT2D eigenvalue weighted by atomic mass is 10.1. The third-order valence-electron chi connectivity index (χ3n) is 4.53. The van der Waals surface area contributed by atoms with Gasteiger partial charge in [-0.2, -0.15) is 5.10 Å². The zero-order valence-electron chi connectivity index (χ0n) is 16.5. The third kappa shape index (κ3) is 4.33. The molecule has 152 valence electrons. The molecule has 4 aromatic rings. The normalized spacial score (nSPS) is 10.6. The van der Waals surface area contributed by atoms with Crippen molar-refractivity contribution in [2.24, 2.45) is 0 Å². The highest BCUT2D eigenvalue weighted by Crippen LogP contribution is 2.35. The molecule has 2 aromatic heterocycles. The van der Waals surface area contributed by atoms with Crippen molar-refractivity contribution >= 4 is 22.4 Å². The number of nitrogens with one attached hydrogen (secondary N) is 1. The van der Waals surface area contributed by atoms with Crippen LogP contribution in [0.4, 0.5) is 5.13 Å². The first-order chi connectivity index (χ1) is 14.7. The van der Waals surface area contributed by atoms with Gasteiger partial charge in [-0.05, 0) is 42.0 Å². The molecule has 0 spiro atoms. The van der Waals surface area contributed by atoms with Gasteiger partial charge in [0.15, 0.2) is 5.13 Å². The van der Waals surface area contributed by atoms with Crippen molar-refractivity contribution in [1.82, 2.24) is 14.8 Å². The summed E-state index contributed by atoms with van der Waals surface area (Å²) in [5.74, 6) is 1.19. The number of thiazole rings is 1. The van der Waals surface area contributed by atoms with Crippen molar-refractivity contribution < 1.29 is 14.3 Å². The maximum atomic E-state index is 12.6. The number of methoxy groups -OCH3 is 2. The molecule has 30 heavy (non-hydrogen) atoms. The number of carbonyl (C=O) groups is 1. The minimum absolute atomic E-state index is 0.209. The van der Waals surface area contributed by atoms with E-state index in [1.165, 1.54) is 11.3 Å². The van der Waals surface area contributed by atoms with Gasteiger partial charge in [0.05, 0.1) is 26.5 Å². The number of anilines is 1. The highest BCUT2D eigenvalue weighted by molar-refractivity contribution is 7.14. The summed E-state index contributed by atoms with van der Waals surface area (Å²) >= 11 is 1.35. The van der Waals surface area contributed by atoms with Crippen LogP contribution in [0.15, 0.2) is 66.3 Å². The molecule has 2 aromatic carbocycles. The zero-order valence-corrected chi connectivity index (χ0v) is 17.3. The molecule has 0 saturated heterocycles. The van der Waals surface area contributed by atoms with E-state index in [-0.39, 0.29) is 5.91 Å². The number of hydrogen-bond acceptors (Lipinski definition) is 6. The average molecular weight is 420 g/mol. The van der Waals surface area contributed by atoms with Crippen LogP contribution in [0.2, 0.25) is 0 Å². The Morgan fingerprint density at radius 3 is 2.67 bits per heavy atom. The van der Waals surface area contributed by atoms with Crippen LogP contribution in [0.3, 0.4) is 0 Å². The second kappa shape index (κ2) is 8.79. The van der Waals surface area contributed by atoms with Crippen LogP contribution in [0.25, 0.3) is 11.3 Å². The Morgan fingerprint density at radius 1 is 1.13 bits per heavy atom. The predicted octanol–water partition coefficient (Wildman–Crippen LogP) is 4.32. The van der Waals surface area contributed by atoms with E-state index < -0.39 is 0 Å². The molecular formula is C22H20N4O3S. The van der Waals surface area contributed by atoms with Gasteiger partial charge in [0.1, 0.15) is 11.5 Å². The Bertz CT molecular complexity index is 1140. The Morgan fingerprint density at radius 2 is 1.97 bits per heavy atom. The van der Waals surface area contributed by atoms with Crippen molar-refractivity contribution in [1.29, 1.82) is 0 Å². The number of amides is 1. The van der Waals surface area contributed by atoms with Crippen LogP contribution in [-0.4, -0.2) is 34.9 Å². The van der Waals surface area contributed by atoms with E-state index >= 15 is 0 Å². The number of hydrogen-bond donors (Lipinski definition) is 1. The predicted molar refractivity (Wildman–Crippen MR) is 116 cm³/mol. The smallest absolute Gasteiger partial charge is 0.257 e. The van der Waals surface area contributed by atoms with Crippen molar-refractivity contribution in [3.63, 3.8) is 0 Å².